The number of ether oxygens (including phenoxy) is 1. The molecule has 2 N–H and O–H groups in total. The topological polar surface area (TPSA) is 67.4 Å². The number of methoxy groups -OCH3 is 1. The van der Waals surface area contributed by atoms with Gasteiger partial charge in [0.1, 0.15) is 0 Å². The summed E-state index contributed by atoms with van der Waals surface area (Å²) in [7, 11) is 1.33. The fraction of sp³-hybridized carbons (Fsp3) is 0.176. The number of aryl methyl sites for hydroxylation is 1. The van der Waals surface area contributed by atoms with Crippen molar-refractivity contribution in [2.24, 2.45) is 0 Å². The van der Waals surface area contributed by atoms with Crippen LogP contribution in [-0.4, -0.2) is 25.5 Å². The van der Waals surface area contributed by atoms with Gasteiger partial charge >= 0.3 is 5.97 Å². The maximum atomic E-state index is 12.0. The number of carbonyl (C=O) groups is 2. The van der Waals surface area contributed by atoms with E-state index in [2.05, 4.69) is 26.6 Å². The number of anilines is 2. The van der Waals surface area contributed by atoms with E-state index >= 15 is 0 Å². The molecule has 0 aromatic heterocycles. The van der Waals surface area contributed by atoms with Crippen molar-refractivity contribution in [1.29, 1.82) is 0 Å². The minimum absolute atomic E-state index is 0.0952. The molecular formula is C17H17BrN2O3. The number of hydrogen-bond acceptors (Lipinski definition) is 4. The normalized spacial score (nSPS) is 10.0. The molecule has 0 saturated carbocycles. The number of esters is 1. The molecule has 23 heavy (non-hydrogen) atoms. The number of rotatable bonds is 5. The minimum Gasteiger partial charge on any atom is -0.465 e. The summed E-state index contributed by atoms with van der Waals surface area (Å²) in [6, 6.07) is 12.5. The second-order valence-electron chi connectivity index (χ2n) is 4.93. The zero-order valence-corrected chi connectivity index (χ0v) is 14.4. The molecule has 0 atom stereocenters. The predicted molar refractivity (Wildman–Crippen MR) is 93.8 cm³/mol. The molecule has 0 aliphatic carbocycles. The van der Waals surface area contributed by atoms with Crippen LogP contribution in [0.25, 0.3) is 0 Å². The highest BCUT2D eigenvalue weighted by molar-refractivity contribution is 9.10. The first-order valence-electron chi connectivity index (χ1n) is 6.98. The molecule has 2 rings (SSSR count). The Morgan fingerprint density at radius 1 is 1.17 bits per heavy atom. The van der Waals surface area contributed by atoms with Crippen LogP contribution in [0.3, 0.4) is 0 Å². The summed E-state index contributed by atoms with van der Waals surface area (Å²) in [6.45, 7) is 1.99. The van der Waals surface area contributed by atoms with E-state index in [9.17, 15) is 9.59 Å². The van der Waals surface area contributed by atoms with Gasteiger partial charge in [0.15, 0.2) is 0 Å². The van der Waals surface area contributed by atoms with E-state index in [4.69, 9.17) is 4.74 Å². The van der Waals surface area contributed by atoms with E-state index in [0.717, 1.165) is 15.7 Å². The third-order valence-electron chi connectivity index (χ3n) is 3.21. The smallest absolute Gasteiger partial charge is 0.337 e. The van der Waals surface area contributed by atoms with Crippen LogP contribution in [0, 0.1) is 6.92 Å². The molecule has 0 unspecified atom stereocenters. The number of nitrogens with one attached hydrogen (secondary N) is 2. The Labute approximate surface area is 143 Å². The largest absolute Gasteiger partial charge is 0.465 e. The predicted octanol–water partition coefficient (Wildman–Crippen LogP) is 3.59. The number of hydrogen-bond donors (Lipinski definition) is 2. The Morgan fingerprint density at radius 2 is 1.96 bits per heavy atom. The standard InChI is InChI=1S/C17H17BrN2O3/c1-11-6-7-12(17(22)23-2)8-15(11)19-10-16(21)20-14-5-3-4-13(18)9-14/h3-9,19H,10H2,1-2H3,(H,20,21). The SMILES string of the molecule is COC(=O)c1ccc(C)c(NCC(=O)Nc2cccc(Br)c2)c1. The lowest BCUT2D eigenvalue weighted by atomic mass is 10.1. The van der Waals surface area contributed by atoms with Crippen molar-refractivity contribution in [3.05, 3.63) is 58.1 Å². The van der Waals surface area contributed by atoms with Crippen molar-refractivity contribution in [3.63, 3.8) is 0 Å². The third kappa shape index (κ3) is 4.82. The molecule has 5 nitrogen and oxygen atoms in total. The summed E-state index contributed by atoms with van der Waals surface area (Å²) >= 11 is 3.35. The fourth-order valence-corrected chi connectivity index (χ4v) is 2.40. The van der Waals surface area contributed by atoms with Crippen molar-refractivity contribution in [2.45, 2.75) is 6.92 Å². The number of carbonyl (C=O) groups excluding carboxylic acids is 2. The quantitative estimate of drug-likeness (QED) is 0.782. The highest BCUT2D eigenvalue weighted by atomic mass is 79.9. The summed E-state index contributed by atoms with van der Waals surface area (Å²) in [6.07, 6.45) is 0. The van der Waals surface area contributed by atoms with Crippen molar-refractivity contribution < 1.29 is 14.3 Å². The highest BCUT2D eigenvalue weighted by Crippen LogP contribution is 2.18. The molecule has 0 saturated heterocycles. The molecule has 0 aliphatic heterocycles. The molecule has 120 valence electrons. The van der Waals surface area contributed by atoms with Crippen LogP contribution in [0.5, 0.6) is 0 Å². The number of halogens is 1. The van der Waals surface area contributed by atoms with Crippen molar-refractivity contribution in [2.75, 3.05) is 24.3 Å². The summed E-state index contributed by atoms with van der Waals surface area (Å²) in [4.78, 5) is 23.6. The van der Waals surface area contributed by atoms with Crippen LogP contribution in [0.15, 0.2) is 46.9 Å². The minimum atomic E-state index is -0.411. The highest BCUT2D eigenvalue weighted by Gasteiger charge is 2.09. The number of benzene rings is 2. The van der Waals surface area contributed by atoms with E-state index in [1.807, 2.05) is 31.2 Å². The molecule has 1 amide bonds. The Kier molecular flexibility index (Phi) is 5.76. The van der Waals surface area contributed by atoms with Crippen LogP contribution < -0.4 is 10.6 Å². The second kappa shape index (κ2) is 7.78. The van der Waals surface area contributed by atoms with Crippen LogP contribution >= 0.6 is 15.9 Å². The maximum Gasteiger partial charge on any atom is 0.337 e. The molecule has 0 bridgehead atoms. The summed E-state index contributed by atoms with van der Waals surface area (Å²) in [5.74, 6) is -0.586. The van der Waals surface area contributed by atoms with Gasteiger partial charge in [-0.3, -0.25) is 4.79 Å². The van der Waals surface area contributed by atoms with E-state index in [-0.39, 0.29) is 12.5 Å². The average Bonchev–Trinajstić information content (AvgIpc) is 2.53. The van der Waals surface area contributed by atoms with Gasteiger partial charge in [-0.25, -0.2) is 4.79 Å². The molecular weight excluding hydrogens is 360 g/mol. The maximum absolute atomic E-state index is 12.0. The van der Waals surface area contributed by atoms with Gasteiger partial charge in [-0.1, -0.05) is 28.1 Å². The molecule has 0 heterocycles. The Bertz CT molecular complexity index is 732. The van der Waals surface area contributed by atoms with Gasteiger partial charge in [-0.05, 0) is 42.8 Å². The lowest BCUT2D eigenvalue weighted by Crippen LogP contribution is -2.22. The van der Waals surface area contributed by atoms with Gasteiger partial charge in [-0.2, -0.15) is 0 Å². The van der Waals surface area contributed by atoms with E-state index < -0.39 is 5.97 Å². The summed E-state index contributed by atoms with van der Waals surface area (Å²) in [5, 5.41) is 5.83. The molecule has 6 heteroatoms. The van der Waals surface area contributed by atoms with Crippen molar-refractivity contribution >= 4 is 39.2 Å². The summed E-state index contributed by atoms with van der Waals surface area (Å²) in [5.41, 5.74) is 2.81. The van der Waals surface area contributed by atoms with Crippen LogP contribution in [-0.2, 0) is 9.53 Å². The molecule has 0 radical (unpaired) electrons. The van der Waals surface area contributed by atoms with Gasteiger partial charge in [0, 0.05) is 15.8 Å². The molecule has 0 aliphatic rings. The fourth-order valence-electron chi connectivity index (χ4n) is 2.00. The van der Waals surface area contributed by atoms with Gasteiger partial charge < -0.3 is 15.4 Å². The Balaban J connectivity index is 2.00. The second-order valence-corrected chi connectivity index (χ2v) is 5.85. The van der Waals surface area contributed by atoms with Crippen molar-refractivity contribution in [1.82, 2.24) is 0 Å². The van der Waals surface area contributed by atoms with E-state index in [0.29, 0.717) is 11.3 Å². The van der Waals surface area contributed by atoms with Gasteiger partial charge in [0.05, 0.1) is 19.2 Å². The van der Waals surface area contributed by atoms with E-state index in [1.165, 1.54) is 7.11 Å². The molecule has 0 fully saturated rings. The van der Waals surface area contributed by atoms with Gasteiger partial charge in [0.25, 0.3) is 0 Å². The molecule has 2 aromatic rings. The molecule has 2 aromatic carbocycles. The van der Waals surface area contributed by atoms with E-state index in [1.54, 1.807) is 18.2 Å². The first-order valence-corrected chi connectivity index (χ1v) is 7.77. The lowest BCUT2D eigenvalue weighted by molar-refractivity contribution is -0.114. The van der Waals surface area contributed by atoms with Gasteiger partial charge in [-0.15, -0.1) is 0 Å². The van der Waals surface area contributed by atoms with Crippen LogP contribution in [0.4, 0.5) is 11.4 Å². The third-order valence-corrected chi connectivity index (χ3v) is 3.70. The zero-order valence-electron chi connectivity index (χ0n) is 12.9. The molecule has 0 spiro atoms. The van der Waals surface area contributed by atoms with Crippen LogP contribution in [0.1, 0.15) is 15.9 Å². The Hall–Kier alpha value is -2.34. The van der Waals surface area contributed by atoms with Gasteiger partial charge in [0.2, 0.25) is 5.91 Å². The monoisotopic (exact) mass is 376 g/mol. The van der Waals surface area contributed by atoms with Crippen LogP contribution in [0.2, 0.25) is 0 Å². The lowest BCUT2D eigenvalue weighted by Gasteiger charge is -2.11. The Morgan fingerprint density at radius 3 is 2.65 bits per heavy atom. The number of amides is 1. The van der Waals surface area contributed by atoms with Crippen molar-refractivity contribution in [3.8, 4) is 0 Å². The first-order chi connectivity index (χ1) is 11.0. The first kappa shape index (κ1) is 17.0. The zero-order chi connectivity index (χ0) is 16.8. The summed E-state index contributed by atoms with van der Waals surface area (Å²) < 4.78 is 5.59. The average molecular weight is 377 g/mol.